The minimum Gasteiger partial charge on any atom is -0.480 e. The van der Waals surface area contributed by atoms with Gasteiger partial charge >= 0.3 is 5.97 Å². The van der Waals surface area contributed by atoms with Crippen LogP contribution in [0.25, 0.3) is 0 Å². The lowest BCUT2D eigenvalue weighted by atomic mass is 9.95. The van der Waals surface area contributed by atoms with Crippen molar-refractivity contribution in [3.8, 4) is 0 Å². The summed E-state index contributed by atoms with van der Waals surface area (Å²) in [5, 5.41) is 13.4. The van der Waals surface area contributed by atoms with Crippen molar-refractivity contribution in [3.05, 3.63) is 18.0 Å². The molecule has 1 unspecified atom stereocenters. The largest absolute Gasteiger partial charge is 0.480 e. The molecule has 1 heterocycles. The Morgan fingerprint density at radius 1 is 1.52 bits per heavy atom. The molecule has 21 heavy (non-hydrogen) atoms. The molecule has 0 bridgehead atoms. The second-order valence-electron chi connectivity index (χ2n) is 5.84. The van der Waals surface area contributed by atoms with Gasteiger partial charge in [-0.05, 0) is 45.6 Å². The van der Waals surface area contributed by atoms with Crippen molar-refractivity contribution in [2.24, 2.45) is 0 Å². The van der Waals surface area contributed by atoms with Gasteiger partial charge in [0.05, 0.1) is 0 Å². The molecular weight excluding hydrogens is 286 g/mol. The number of hydrogen-bond acceptors (Lipinski definition) is 5. The normalized spacial score (nSPS) is 17.4. The first kappa shape index (κ1) is 16.2. The Morgan fingerprint density at radius 2 is 2.29 bits per heavy atom. The van der Waals surface area contributed by atoms with E-state index < -0.39 is 11.5 Å². The lowest BCUT2D eigenvalue weighted by molar-refractivity contribution is -0.144. The van der Waals surface area contributed by atoms with Gasteiger partial charge in [-0.3, -0.25) is 10.1 Å². The van der Waals surface area contributed by atoms with Gasteiger partial charge in [-0.15, -0.1) is 0 Å². The molecule has 1 aliphatic carbocycles. The Kier molecular flexibility index (Phi) is 5.58. The molecule has 2 rings (SSSR count). The molecule has 2 N–H and O–H groups in total. The molecule has 1 atom stereocenters. The van der Waals surface area contributed by atoms with Crippen LogP contribution in [0.2, 0.25) is 0 Å². The van der Waals surface area contributed by atoms with Crippen molar-refractivity contribution in [2.75, 3.05) is 5.75 Å². The number of nitrogens with one attached hydrogen (secondary N) is 1. The second kappa shape index (κ2) is 7.22. The molecule has 0 saturated heterocycles. The molecule has 0 aliphatic heterocycles. The van der Waals surface area contributed by atoms with E-state index >= 15 is 0 Å². The second-order valence-corrected chi connectivity index (χ2v) is 6.90. The molecule has 0 amide bonds. The monoisotopic (exact) mass is 309 g/mol. The summed E-state index contributed by atoms with van der Waals surface area (Å²) < 4.78 is 0. The van der Waals surface area contributed by atoms with Gasteiger partial charge in [0.1, 0.15) is 5.54 Å². The SMILES string of the molecule is Cc1ccnc(SCCCCC(C)(NC2CC2)C(=O)O)n1. The third kappa shape index (κ3) is 5.28. The summed E-state index contributed by atoms with van der Waals surface area (Å²) in [5.41, 5.74) is 0.186. The predicted octanol–water partition coefficient (Wildman–Crippen LogP) is 2.64. The first-order valence-corrected chi connectivity index (χ1v) is 8.42. The molecule has 116 valence electrons. The molecular formula is C15H23N3O2S. The summed E-state index contributed by atoms with van der Waals surface area (Å²) in [4.78, 5) is 20.0. The highest BCUT2D eigenvalue weighted by Crippen LogP contribution is 2.26. The van der Waals surface area contributed by atoms with E-state index in [1.165, 1.54) is 0 Å². The maximum Gasteiger partial charge on any atom is 0.323 e. The van der Waals surface area contributed by atoms with Crippen molar-refractivity contribution in [1.29, 1.82) is 0 Å². The van der Waals surface area contributed by atoms with Crippen LogP contribution < -0.4 is 5.32 Å². The number of thioether (sulfide) groups is 1. The molecule has 6 heteroatoms. The molecule has 0 spiro atoms. The van der Waals surface area contributed by atoms with Gasteiger partial charge in [0.25, 0.3) is 0 Å². The van der Waals surface area contributed by atoms with Crippen molar-refractivity contribution < 1.29 is 9.90 Å². The van der Waals surface area contributed by atoms with Gasteiger partial charge in [-0.25, -0.2) is 9.97 Å². The summed E-state index contributed by atoms with van der Waals surface area (Å²) in [6.07, 6.45) is 6.49. The minimum absolute atomic E-state index is 0.404. The molecule has 1 aliphatic rings. The number of unbranched alkanes of at least 4 members (excludes halogenated alkanes) is 1. The lowest BCUT2D eigenvalue weighted by Gasteiger charge is -2.26. The molecule has 1 aromatic heterocycles. The predicted molar refractivity (Wildman–Crippen MR) is 83.5 cm³/mol. The summed E-state index contributed by atoms with van der Waals surface area (Å²) >= 11 is 1.63. The average Bonchev–Trinajstić information content (AvgIpc) is 3.22. The van der Waals surface area contributed by atoms with Gasteiger partial charge in [0.15, 0.2) is 5.16 Å². The number of hydrogen-bond donors (Lipinski definition) is 2. The fraction of sp³-hybridized carbons (Fsp3) is 0.667. The number of carbonyl (C=O) groups is 1. The summed E-state index contributed by atoms with van der Waals surface area (Å²) in [5.74, 6) is 0.173. The van der Waals surface area contributed by atoms with Crippen LogP contribution in [0.15, 0.2) is 17.4 Å². The van der Waals surface area contributed by atoms with Gasteiger partial charge in [-0.1, -0.05) is 18.2 Å². The highest BCUT2D eigenvalue weighted by Gasteiger charge is 2.37. The maximum atomic E-state index is 11.4. The van der Waals surface area contributed by atoms with Crippen molar-refractivity contribution in [3.63, 3.8) is 0 Å². The van der Waals surface area contributed by atoms with Crippen LogP contribution in [0.1, 0.15) is 44.7 Å². The van der Waals surface area contributed by atoms with E-state index in [1.54, 1.807) is 24.9 Å². The molecule has 0 aromatic carbocycles. The van der Waals surface area contributed by atoms with Crippen LogP contribution in [0.5, 0.6) is 0 Å². The number of carboxylic acids is 1. The Hall–Kier alpha value is -1.14. The molecule has 1 aromatic rings. The van der Waals surface area contributed by atoms with Gasteiger partial charge in [0.2, 0.25) is 0 Å². The highest BCUT2D eigenvalue weighted by molar-refractivity contribution is 7.99. The Labute approximate surface area is 130 Å². The van der Waals surface area contributed by atoms with Gasteiger partial charge in [-0.2, -0.15) is 0 Å². The third-order valence-corrected chi connectivity index (χ3v) is 4.59. The zero-order chi connectivity index (χ0) is 15.3. The van der Waals surface area contributed by atoms with E-state index in [9.17, 15) is 9.90 Å². The number of nitrogens with zero attached hydrogens (tertiary/aromatic N) is 2. The minimum atomic E-state index is -0.786. The maximum absolute atomic E-state index is 11.4. The number of rotatable bonds is 9. The molecule has 1 fully saturated rings. The van der Waals surface area contributed by atoms with Crippen LogP contribution >= 0.6 is 11.8 Å². The fourth-order valence-corrected chi connectivity index (χ4v) is 3.03. The highest BCUT2D eigenvalue weighted by atomic mass is 32.2. The zero-order valence-corrected chi connectivity index (χ0v) is 13.4. The Morgan fingerprint density at radius 3 is 2.90 bits per heavy atom. The molecule has 5 nitrogen and oxygen atoms in total. The van der Waals surface area contributed by atoms with E-state index in [2.05, 4.69) is 15.3 Å². The van der Waals surface area contributed by atoms with E-state index in [1.807, 2.05) is 13.0 Å². The molecule has 0 radical (unpaired) electrons. The summed E-state index contributed by atoms with van der Waals surface area (Å²) in [6.45, 7) is 3.75. The molecule has 1 saturated carbocycles. The zero-order valence-electron chi connectivity index (χ0n) is 12.6. The smallest absolute Gasteiger partial charge is 0.323 e. The number of aromatic nitrogens is 2. The van der Waals surface area contributed by atoms with Crippen molar-refractivity contribution >= 4 is 17.7 Å². The van der Waals surface area contributed by atoms with Gasteiger partial charge < -0.3 is 5.11 Å². The number of aliphatic carboxylic acids is 1. The fourth-order valence-electron chi connectivity index (χ4n) is 2.16. The first-order valence-electron chi connectivity index (χ1n) is 7.43. The van der Waals surface area contributed by atoms with E-state index in [0.717, 1.165) is 42.3 Å². The van der Waals surface area contributed by atoms with Crippen LogP contribution in [0.3, 0.4) is 0 Å². The number of aryl methyl sites for hydroxylation is 1. The quantitative estimate of drug-likeness (QED) is 0.415. The van der Waals surface area contributed by atoms with E-state index in [-0.39, 0.29) is 0 Å². The summed E-state index contributed by atoms with van der Waals surface area (Å²) in [7, 11) is 0. The van der Waals surface area contributed by atoms with Gasteiger partial charge in [0, 0.05) is 23.7 Å². The lowest BCUT2D eigenvalue weighted by Crippen LogP contribution is -2.50. The standard InChI is InChI=1S/C15H23N3O2S/c1-11-7-9-16-14(17-11)21-10-4-3-8-15(2,13(19)20)18-12-5-6-12/h7,9,12,18H,3-6,8,10H2,1-2H3,(H,19,20). The van der Waals surface area contributed by atoms with E-state index in [4.69, 9.17) is 0 Å². The van der Waals surface area contributed by atoms with Crippen LogP contribution in [0, 0.1) is 6.92 Å². The van der Waals surface area contributed by atoms with Crippen molar-refractivity contribution in [2.45, 2.75) is 62.7 Å². The topological polar surface area (TPSA) is 75.1 Å². The Bertz CT molecular complexity index is 494. The third-order valence-electron chi connectivity index (χ3n) is 3.65. The first-order chi connectivity index (χ1) is 9.99. The number of carboxylic acid groups (broad SMARTS) is 1. The average molecular weight is 309 g/mol. The van der Waals surface area contributed by atoms with Crippen LogP contribution in [0.4, 0.5) is 0 Å². The van der Waals surface area contributed by atoms with E-state index in [0.29, 0.717) is 12.5 Å². The summed E-state index contributed by atoms with van der Waals surface area (Å²) in [6, 6.07) is 2.28. The van der Waals surface area contributed by atoms with Crippen molar-refractivity contribution in [1.82, 2.24) is 15.3 Å². The Balaban J connectivity index is 1.69. The van der Waals surface area contributed by atoms with Crippen LogP contribution in [-0.2, 0) is 4.79 Å². The van der Waals surface area contributed by atoms with Crippen LogP contribution in [-0.4, -0.2) is 38.4 Å².